The number of hydrogen-bond acceptors (Lipinski definition) is 2. The highest BCUT2D eigenvalue weighted by Crippen LogP contribution is 2.00. The zero-order valence-electron chi connectivity index (χ0n) is 16.2. The lowest BCUT2D eigenvalue weighted by Crippen LogP contribution is -3.00. The monoisotopic (exact) mass is 558 g/mol. The second-order valence-electron chi connectivity index (χ2n) is 7.24. The van der Waals surface area contributed by atoms with Gasteiger partial charge in [0.25, 0.3) is 0 Å². The van der Waals surface area contributed by atoms with Gasteiger partial charge in [0.15, 0.2) is 0 Å². The summed E-state index contributed by atoms with van der Waals surface area (Å²) < 4.78 is 13.5. The van der Waals surface area contributed by atoms with Crippen molar-refractivity contribution in [1.29, 1.82) is 0 Å². The molecule has 0 aromatic heterocycles. The minimum absolute atomic E-state index is 0. The smallest absolute Gasteiger partial charge is 0.102 e. The van der Waals surface area contributed by atoms with E-state index in [4.69, 9.17) is 9.47 Å². The first-order valence-corrected chi connectivity index (χ1v) is 8.62. The Morgan fingerprint density at radius 1 is 0.565 bits per heavy atom. The minimum atomic E-state index is 0. The molecule has 0 aliphatic carbocycles. The fourth-order valence-corrected chi connectivity index (χ4v) is 1.73. The molecule has 0 rings (SSSR count). The first-order valence-electron chi connectivity index (χ1n) is 8.62. The molecule has 0 fully saturated rings. The van der Waals surface area contributed by atoms with E-state index >= 15 is 0 Å². The summed E-state index contributed by atoms with van der Waals surface area (Å²) in [6.45, 7) is 12.5. The summed E-state index contributed by atoms with van der Waals surface area (Å²) in [5.41, 5.74) is 0. The van der Waals surface area contributed by atoms with E-state index in [2.05, 4.69) is 42.0 Å². The molecule has 23 heavy (non-hydrogen) atoms. The molecule has 0 aromatic carbocycles. The zero-order chi connectivity index (χ0) is 16.2. The van der Waals surface area contributed by atoms with Gasteiger partial charge < -0.3 is 66.4 Å². The van der Waals surface area contributed by atoms with Crippen molar-refractivity contribution in [2.75, 3.05) is 80.8 Å². The van der Waals surface area contributed by atoms with Crippen LogP contribution in [-0.4, -0.2) is 89.8 Å². The molecule has 0 atom stereocenters. The molecule has 0 radical (unpaired) electrons. The van der Waals surface area contributed by atoms with Crippen LogP contribution in [0.3, 0.4) is 0 Å². The SMILES string of the molecule is CC[N+](C)(C)CCOCCCCCOCC[N+](C)(C)CC.[I-].[I-]. The summed E-state index contributed by atoms with van der Waals surface area (Å²) in [6.07, 6.45) is 3.51. The lowest BCUT2D eigenvalue weighted by Gasteiger charge is -2.27. The van der Waals surface area contributed by atoms with Gasteiger partial charge in [0.05, 0.1) is 54.5 Å². The van der Waals surface area contributed by atoms with Crippen molar-refractivity contribution in [1.82, 2.24) is 0 Å². The quantitative estimate of drug-likeness (QED) is 0.125. The third-order valence-corrected chi connectivity index (χ3v) is 4.47. The molecule has 0 saturated heterocycles. The summed E-state index contributed by atoms with van der Waals surface area (Å²) >= 11 is 0. The zero-order valence-corrected chi connectivity index (χ0v) is 20.6. The molecule has 0 aliphatic rings. The van der Waals surface area contributed by atoms with Crippen LogP contribution in [0.15, 0.2) is 0 Å². The van der Waals surface area contributed by atoms with Crippen molar-refractivity contribution in [2.45, 2.75) is 33.1 Å². The number of quaternary nitrogens is 2. The van der Waals surface area contributed by atoms with Gasteiger partial charge in [0, 0.05) is 13.2 Å². The highest BCUT2D eigenvalue weighted by molar-refractivity contribution is 4.42. The molecular weight excluding hydrogens is 518 g/mol. The van der Waals surface area contributed by atoms with Gasteiger partial charge >= 0.3 is 0 Å². The number of hydrogen-bond donors (Lipinski definition) is 0. The van der Waals surface area contributed by atoms with Crippen molar-refractivity contribution in [2.24, 2.45) is 0 Å². The largest absolute Gasteiger partial charge is 1.00 e. The summed E-state index contributed by atoms with van der Waals surface area (Å²) in [5, 5.41) is 0. The molecule has 0 unspecified atom stereocenters. The van der Waals surface area contributed by atoms with Gasteiger partial charge in [-0.2, -0.15) is 0 Å². The fraction of sp³-hybridized carbons (Fsp3) is 1.00. The normalized spacial score (nSPS) is 11.7. The second-order valence-corrected chi connectivity index (χ2v) is 7.24. The lowest BCUT2D eigenvalue weighted by atomic mass is 10.2. The first kappa shape index (κ1) is 29.1. The van der Waals surface area contributed by atoms with E-state index in [0.717, 1.165) is 74.4 Å². The average Bonchev–Trinajstić information content (AvgIpc) is 2.44. The van der Waals surface area contributed by atoms with Crippen LogP contribution in [0.1, 0.15) is 33.1 Å². The van der Waals surface area contributed by atoms with Crippen LogP contribution in [0, 0.1) is 0 Å². The Balaban J connectivity index is -0.00000200. The van der Waals surface area contributed by atoms with Crippen molar-refractivity contribution in [3.63, 3.8) is 0 Å². The number of likely N-dealkylation sites (N-methyl/N-ethyl adjacent to an activating group) is 2. The van der Waals surface area contributed by atoms with Gasteiger partial charge in [-0.3, -0.25) is 0 Å². The van der Waals surface area contributed by atoms with E-state index in [0.29, 0.717) is 0 Å². The predicted molar refractivity (Wildman–Crippen MR) is 90.5 cm³/mol. The molecule has 0 spiro atoms. The van der Waals surface area contributed by atoms with Gasteiger partial charge in [-0.1, -0.05) is 0 Å². The maximum absolute atomic E-state index is 5.70. The number of rotatable bonds is 14. The van der Waals surface area contributed by atoms with Crippen LogP contribution in [0.2, 0.25) is 0 Å². The van der Waals surface area contributed by atoms with Gasteiger partial charge in [-0.15, -0.1) is 0 Å². The Morgan fingerprint density at radius 3 is 1.22 bits per heavy atom. The molecule has 6 heteroatoms. The Labute approximate surface area is 179 Å². The molecule has 4 nitrogen and oxygen atoms in total. The second kappa shape index (κ2) is 16.8. The molecule has 144 valence electrons. The van der Waals surface area contributed by atoms with Crippen LogP contribution in [0.25, 0.3) is 0 Å². The number of ether oxygens (including phenoxy) is 2. The fourth-order valence-electron chi connectivity index (χ4n) is 1.73. The third kappa shape index (κ3) is 19.5. The van der Waals surface area contributed by atoms with Crippen LogP contribution in [0.5, 0.6) is 0 Å². The van der Waals surface area contributed by atoms with Crippen molar-refractivity contribution >= 4 is 0 Å². The maximum Gasteiger partial charge on any atom is 0.102 e. The average molecular weight is 558 g/mol. The van der Waals surface area contributed by atoms with Crippen LogP contribution in [0.4, 0.5) is 0 Å². The highest BCUT2D eigenvalue weighted by Gasteiger charge is 2.11. The molecule has 0 amide bonds. The van der Waals surface area contributed by atoms with Crippen molar-refractivity contribution in [3.8, 4) is 0 Å². The molecule has 0 N–H and O–H groups in total. The summed E-state index contributed by atoms with van der Waals surface area (Å²) in [7, 11) is 9.00. The van der Waals surface area contributed by atoms with E-state index in [1.807, 2.05) is 0 Å². The summed E-state index contributed by atoms with van der Waals surface area (Å²) in [5.74, 6) is 0. The van der Waals surface area contributed by atoms with Crippen LogP contribution in [-0.2, 0) is 9.47 Å². The minimum Gasteiger partial charge on any atom is -1.00 e. The van der Waals surface area contributed by atoms with Gasteiger partial charge in [-0.25, -0.2) is 0 Å². The van der Waals surface area contributed by atoms with Crippen molar-refractivity contribution in [3.05, 3.63) is 0 Å². The molecular formula is C17H40I2N2O2. The molecule has 0 heterocycles. The molecule has 0 bridgehead atoms. The number of nitrogens with zero attached hydrogens (tertiary/aromatic N) is 2. The van der Waals surface area contributed by atoms with Crippen LogP contribution < -0.4 is 48.0 Å². The molecule has 0 aromatic rings. The highest BCUT2D eigenvalue weighted by atomic mass is 127. The van der Waals surface area contributed by atoms with Gasteiger partial charge in [-0.05, 0) is 33.1 Å². The Morgan fingerprint density at radius 2 is 0.913 bits per heavy atom. The maximum atomic E-state index is 5.70. The standard InChI is InChI=1S/C17H40N2O2.2HI/c1-7-18(3,4)12-16-20-14-10-9-11-15-21-17-13-19(5,6)8-2;;/h7-17H2,1-6H3;2*1H/q+2;;/p-2. The Kier molecular flexibility index (Phi) is 21.2. The third-order valence-electron chi connectivity index (χ3n) is 4.47. The molecule has 0 saturated carbocycles. The Bertz CT molecular complexity index is 229. The van der Waals surface area contributed by atoms with Crippen LogP contribution >= 0.6 is 0 Å². The molecule has 0 aliphatic heterocycles. The van der Waals surface area contributed by atoms with E-state index in [9.17, 15) is 0 Å². The van der Waals surface area contributed by atoms with E-state index in [1.165, 1.54) is 6.42 Å². The number of unbranched alkanes of at least 4 members (excludes halogenated alkanes) is 2. The Hall–Kier alpha value is 1.30. The van der Waals surface area contributed by atoms with Gasteiger partial charge in [0.1, 0.15) is 13.1 Å². The van der Waals surface area contributed by atoms with Gasteiger partial charge in [0.2, 0.25) is 0 Å². The number of halogens is 2. The summed E-state index contributed by atoms with van der Waals surface area (Å²) in [4.78, 5) is 0. The lowest BCUT2D eigenvalue weighted by molar-refractivity contribution is -0.888. The topological polar surface area (TPSA) is 18.5 Å². The van der Waals surface area contributed by atoms with E-state index < -0.39 is 0 Å². The van der Waals surface area contributed by atoms with E-state index in [1.54, 1.807) is 0 Å². The van der Waals surface area contributed by atoms with Crippen molar-refractivity contribution < 1.29 is 66.4 Å². The predicted octanol–water partition coefficient (Wildman–Crippen LogP) is -3.61. The first-order chi connectivity index (χ1) is 9.83. The summed E-state index contributed by atoms with van der Waals surface area (Å²) in [6, 6.07) is 0. The van der Waals surface area contributed by atoms with E-state index in [-0.39, 0.29) is 48.0 Å².